The van der Waals surface area contributed by atoms with E-state index in [2.05, 4.69) is 15.3 Å². The van der Waals surface area contributed by atoms with Crippen molar-refractivity contribution in [3.63, 3.8) is 0 Å². The van der Waals surface area contributed by atoms with E-state index in [4.69, 9.17) is 9.47 Å². The lowest BCUT2D eigenvalue weighted by Crippen LogP contribution is -2.44. The number of halogens is 1. The molecule has 3 heterocycles. The number of benzene rings is 1. The van der Waals surface area contributed by atoms with Gasteiger partial charge in [-0.05, 0) is 43.9 Å². The Labute approximate surface area is 192 Å². The normalized spacial score (nSPS) is 18.2. The molecule has 8 nitrogen and oxygen atoms in total. The first kappa shape index (κ1) is 23.4. The largest absolute Gasteiger partial charge is 0.381 e. The summed E-state index contributed by atoms with van der Waals surface area (Å²) in [6.45, 7) is 6.04. The monoisotopic (exact) mass is 458 g/mol. The first-order chi connectivity index (χ1) is 16.0. The second-order valence-corrected chi connectivity index (χ2v) is 8.73. The number of H-pyrrole nitrogens is 1. The number of hydrogen-bond donors (Lipinski definition) is 2. The van der Waals surface area contributed by atoms with Crippen LogP contribution in [0.5, 0.6) is 0 Å². The molecule has 178 valence electrons. The van der Waals surface area contributed by atoms with Gasteiger partial charge in [-0.25, -0.2) is 9.37 Å². The molecular formula is C24H31FN4O4. The predicted octanol–water partition coefficient (Wildman–Crippen LogP) is 1.85. The van der Waals surface area contributed by atoms with E-state index in [1.807, 2.05) is 4.90 Å². The Bertz CT molecular complexity index is 1010. The molecule has 4 rings (SSSR count). The third-order valence-corrected chi connectivity index (χ3v) is 6.65. The summed E-state index contributed by atoms with van der Waals surface area (Å²) in [5.74, 6) is 0.146. The standard InChI is InChI=1S/C24H31FN4O4/c1-17-20(22(31)28-23(27-17)29-10-14-33-15-11-29)6-7-21(30)26-16-24(8-12-32-13-9-24)18-2-4-19(25)5-3-18/h2-5H,6-16H2,1H3,(H,26,30)(H,27,28,31). The van der Waals surface area contributed by atoms with Gasteiger partial charge < -0.3 is 19.7 Å². The van der Waals surface area contributed by atoms with Crippen molar-refractivity contribution in [1.82, 2.24) is 15.3 Å². The van der Waals surface area contributed by atoms with E-state index in [9.17, 15) is 14.0 Å². The second-order valence-electron chi connectivity index (χ2n) is 8.73. The lowest BCUT2D eigenvalue weighted by atomic mass is 9.74. The van der Waals surface area contributed by atoms with Gasteiger partial charge in [0.2, 0.25) is 11.9 Å². The maximum atomic E-state index is 13.4. The van der Waals surface area contributed by atoms with Crippen molar-refractivity contribution in [1.29, 1.82) is 0 Å². The van der Waals surface area contributed by atoms with Crippen LogP contribution in [0.15, 0.2) is 29.1 Å². The highest BCUT2D eigenvalue weighted by atomic mass is 19.1. The summed E-state index contributed by atoms with van der Waals surface area (Å²) < 4.78 is 24.3. The molecule has 2 aliphatic rings. The van der Waals surface area contributed by atoms with E-state index < -0.39 is 0 Å². The van der Waals surface area contributed by atoms with Crippen LogP contribution < -0.4 is 15.8 Å². The van der Waals surface area contributed by atoms with Gasteiger partial charge in [0.1, 0.15) is 5.82 Å². The topological polar surface area (TPSA) is 96.6 Å². The van der Waals surface area contributed by atoms with Gasteiger partial charge in [0.25, 0.3) is 5.56 Å². The van der Waals surface area contributed by atoms with Gasteiger partial charge in [0.15, 0.2) is 0 Å². The molecule has 2 fully saturated rings. The van der Waals surface area contributed by atoms with E-state index in [0.29, 0.717) is 69.7 Å². The minimum Gasteiger partial charge on any atom is -0.381 e. The molecular weight excluding hydrogens is 427 g/mol. The fourth-order valence-electron chi connectivity index (χ4n) is 4.54. The summed E-state index contributed by atoms with van der Waals surface area (Å²) >= 11 is 0. The van der Waals surface area contributed by atoms with Crippen LogP contribution in [0.2, 0.25) is 0 Å². The number of aryl methyl sites for hydroxylation is 1. The van der Waals surface area contributed by atoms with Gasteiger partial charge in [0.05, 0.1) is 13.2 Å². The average molecular weight is 459 g/mol. The summed E-state index contributed by atoms with van der Waals surface area (Å²) in [6, 6.07) is 6.49. The van der Waals surface area contributed by atoms with Crippen LogP contribution in [0.1, 0.15) is 36.1 Å². The van der Waals surface area contributed by atoms with Crippen molar-refractivity contribution in [2.75, 3.05) is 51.0 Å². The molecule has 2 N–H and O–H groups in total. The third kappa shape index (κ3) is 5.59. The van der Waals surface area contributed by atoms with Crippen LogP contribution >= 0.6 is 0 Å². The highest BCUT2D eigenvalue weighted by molar-refractivity contribution is 5.76. The van der Waals surface area contributed by atoms with Crippen molar-refractivity contribution in [2.24, 2.45) is 0 Å². The Kier molecular flexibility index (Phi) is 7.39. The lowest BCUT2D eigenvalue weighted by Gasteiger charge is -2.38. The van der Waals surface area contributed by atoms with Crippen molar-refractivity contribution in [3.8, 4) is 0 Å². The van der Waals surface area contributed by atoms with E-state index in [0.717, 1.165) is 18.4 Å². The molecule has 0 bridgehead atoms. The van der Waals surface area contributed by atoms with E-state index >= 15 is 0 Å². The molecule has 1 amide bonds. The minimum atomic E-state index is -0.281. The van der Waals surface area contributed by atoms with Crippen LogP contribution in [0, 0.1) is 12.7 Å². The molecule has 33 heavy (non-hydrogen) atoms. The van der Waals surface area contributed by atoms with E-state index in [-0.39, 0.29) is 29.1 Å². The fraction of sp³-hybridized carbons (Fsp3) is 0.542. The van der Waals surface area contributed by atoms with Crippen molar-refractivity contribution in [3.05, 3.63) is 57.3 Å². The summed E-state index contributed by atoms with van der Waals surface area (Å²) in [7, 11) is 0. The maximum Gasteiger partial charge on any atom is 0.255 e. The Morgan fingerprint density at radius 3 is 2.48 bits per heavy atom. The number of nitrogens with zero attached hydrogens (tertiary/aromatic N) is 2. The number of carbonyl (C=O) groups excluding carboxylic acids is 1. The molecule has 2 saturated heterocycles. The number of carbonyl (C=O) groups is 1. The van der Waals surface area contributed by atoms with Crippen molar-refractivity contribution < 1.29 is 18.7 Å². The highest BCUT2D eigenvalue weighted by Gasteiger charge is 2.34. The Morgan fingerprint density at radius 2 is 1.82 bits per heavy atom. The van der Waals surface area contributed by atoms with Gasteiger partial charge in [-0.2, -0.15) is 0 Å². The maximum absolute atomic E-state index is 13.4. The molecule has 2 aliphatic heterocycles. The number of ether oxygens (including phenoxy) is 2. The van der Waals surface area contributed by atoms with Crippen molar-refractivity contribution >= 4 is 11.9 Å². The molecule has 9 heteroatoms. The molecule has 1 aromatic heterocycles. The predicted molar refractivity (Wildman–Crippen MR) is 122 cm³/mol. The summed E-state index contributed by atoms with van der Waals surface area (Å²) in [4.78, 5) is 34.7. The second kappa shape index (κ2) is 10.4. The van der Waals surface area contributed by atoms with Crippen molar-refractivity contribution in [2.45, 2.75) is 38.0 Å². The number of rotatable bonds is 7. The quantitative estimate of drug-likeness (QED) is 0.658. The third-order valence-electron chi connectivity index (χ3n) is 6.65. The van der Waals surface area contributed by atoms with E-state index in [1.54, 1.807) is 19.1 Å². The van der Waals surface area contributed by atoms with Crippen LogP contribution in [0.3, 0.4) is 0 Å². The Morgan fingerprint density at radius 1 is 1.15 bits per heavy atom. The summed E-state index contributed by atoms with van der Waals surface area (Å²) in [6.07, 6.45) is 2.02. The molecule has 2 aromatic rings. The Hall–Kier alpha value is -2.78. The SMILES string of the molecule is Cc1nc(N2CCOCC2)[nH]c(=O)c1CCC(=O)NCC1(c2ccc(F)cc2)CCOCC1. The molecule has 0 radical (unpaired) electrons. The van der Waals surface area contributed by atoms with Crippen LogP contribution in [0.4, 0.5) is 10.3 Å². The summed E-state index contributed by atoms with van der Waals surface area (Å²) in [5, 5.41) is 3.04. The lowest BCUT2D eigenvalue weighted by molar-refractivity contribution is -0.121. The zero-order valence-electron chi connectivity index (χ0n) is 19.0. The van der Waals surface area contributed by atoms with Crippen LogP contribution in [-0.2, 0) is 26.1 Å². The van der Waals surface area contributed by atoms with Crippen LogP contribution in [-0.4, -0.2) is 61.9 Å². The number of nitrogens with one attached hydrogen (secondary N) is 2. The summed E-state index contributed by atoms with van der Waals surface area (Å²) in [5.41, 5.74) is 1.68. The van der Waals surface area contributed by atoms with E-state index in [1.165, 1.54) is 12.1 Å². The van der Waals surface area contributed by atoms with Gasteiger partial charge in [-0.1, -0.05) is 12.1 Å². The molecule has 0 spiro atoms. The number of aromatic nitrogens is 2. The number of hydrogen-bond acceptors (Lipinski definition) is 6. The number of morpholine rings is 1. The Balaban J connectivity index is 1.37. The first-order valence-corrected chi connectivity index (χ1v) is 11.5. The van der Waals surface area contributed by atoms with Gasteiger partial charge in [-0.15, -0.1) is 0 Å². The van der Waals surface area contributed by atoms with Gasteiger partial charge in [0, 0.05) is 55.9 Å². The number of aromatic amines is 1. The average Bonchev–Trinajstić information content (AvgIpc) is 2.83. The highest BCUT2D eigenvalue weighted by Crippen LogP contribution is 2.34. The van der Waals surface area contributed by atoms with Gasteiger partial charge >= 0.3 is 0 Å². The zero-order chi connectivity index (χ0) is 23.3. The molecule has 0 unspecified atom stereocenters. The molecule has 0 aliphatic carbocycles. The molecule has 1 aromatic carbocycles. The molecule has 0 atom stereocenters. The van der Waals surface area contributed by atoms with Crippen LogP contribution in [0.25, 0.3) is 0 Å². The molecule has 0 saturated carbocycles. The first-order valence-electron chi connectivity index (χ1n) is 11.5. The number of anilines is 1. The minimum absolute atomic E-state index is 0.126. The fourth-order valence-corrected chi connectivity index (χ4v) is 4.54. The van der Waals surface area contributed by atoms with Gasteiger partial charge in [-0.3, -0.25) is 14.6 Å². The smallest absolute Gasteiger partial charge is 0.255 e. The number of amides is 1. The zero-order valence-corrected chi connectivity index (χ0v) is 19.0.